The van der Waals surface area contributed by atoms with Crippen LogP contribution in [-0.4, -0.2) is 41.6 Å². The molecular formula is C15H26N2O3. The van der Waals surface area contributed by atoms with Crippen molar-refractivity contribution in [2.75, 3.05) is 13.1 Å². The predicted octanol–water partition coefficient (Wildman–Crippen LogP) is 2.30. The standard InChI is InChI=1S/C15H26N2O3/c1-5-11-10-15(12(18)16-11)6-8-17(9-7-15)13(19)20-14(2,3)4/h11H,5-10H2,1-4H3,(H,16,18)/t11-/m1/s1. The molecule has 20 heavy (non-hydrogen) atoms. The molecular weight excluding hydrogens is 256 g/mol. The lowest BCUT2D eigenvalue weighted by molar-refractivity contribution is -0.130. The Bertz CT molecular complexity index is 392. The molecule has 1 spiro atoms. The molecule has 2 amide bonds. The van der Waals surface area contributed by atoms with Crippen LogP contribution < -0.4 is 5.32 Å². The molecule has 2 fully saturated rings. The normalized spacial score (nSPS) is 25.7. The lowest BCUT2D eigenvalue weighted by atomic mass is 9.76. The van der Waals surface area contributed by atoms with Gasteiger partial charge in [0.25, 0.3) is 0 Å². The zero-order valence-corrected chi connectivity index (χ0v) is 13.0. The van der Waals surface area contributed by atoms with Crippen molar-refractivity contribution in [2.24, 2.45) is 5.41 Å². The van der Waals surface area contributed by atoms with Gasteiger partial charge >= 0.3 is 6.09 Å². The van der Waals surface area contributed by atoms with Gasteiger partial charge in [-0.15, -0.1) is 0 Å². The number of hydrogen-bond acceptors (Lipinski definition) is 3. The Kier molecular flexibility index (Phi) is 3.98. The van der Waals surface area contributed by atoms with E-state index in [4.69, 9.17) is 4.74 Å². The van der Waals surface area contributed by atoms with Crippen LogP contribution in [0, 0.1) is 5.41 Å². The average molecular weight is 282 g/mol. The maximum absolute atomic E-state index is 12.2. The zero-order chi connectivity index (χ0) is 15.0. The third-order valence-corrected chi connectivity index (χ3v) is 4.32. The summed E-state index contributed by atoms with van der Waals surface area (Å²) in [5.74, 6) is 0.174. The third-order valence-electron chi connectivity index (χ3n) is 4.32. The first-order chi connectivity index (χ1) is 9.26. The number of amides is 2. The average Bonchev–Trinajstić information content (AvgIpc) is 2.65. The van der Waals surface area contributed by atoms with E-state index in [1.807, 2.05) is 20.8 Å². The fourth-order valence-corrected chi connectivity index (χ4v) is 3.08. The van der Waals surface area contributed by atoms with Gasteiger partial charge < -0.3 is 15.0 Å². The summed E-state index contributed by atoms with van der Waals surface area (Å²) in [4.78, 5) is 25.9. The van der Waals surface area contributed by atoms with Gasteiger partial charge in [0.15, 0.2) is 0 Å². The smallest absolute Gasteiger partial charge is 0.410 e. The molecule has 0 aromatic rings. The number of nitrogens with one attached hydrogen (secondary N) is 1. The van der Waals surface area contributed by atoms with Crippen LogP contribution >= 0.6 is 0 Å². The molecule has 0 aromatic heterocycles. The van der Waals surface area contributed by atoms with Gasteiger partial charge in [-0.05, 0) is 46.5 Å². The maximum atomic E-state index is 12.2. The summed E-state index contributed by atoms with van der Waals surface area (Å²) in [7, 11) is 0. The molecule has 0 unspecified atom stereocenters. The molecule has 5 heteroatoms. The van der Waals surface area contributed by atoms with Gasteiger partial charge in [-0.2, -0.15) is 0 Å². The SMILES string of the molecule is CC[C@@H]1CC2(CCN(C(=O)OC(C)(C)C)CC2)C(=O)N1. The van der Waals surface area contributed by atoms with Crippen molar-refractivity contribution >= 4 is 12.0 Å². The Hall–Kier alpha value is -1.26. The quantitative estimate of drug-likeness (QED) is 0.803. The van der Waals surface area contributed by atoms with Gasteiger partial charge in [-0.25, -0.2) is 4.79 Å². The lowest BCUT2D eigenvalue weighted by Crippen LogP contribution is -2.47. The molecule has 0 radical (unpaired) electrons. The monoisotopic (exact) mass is 282 g/mol. The highest BCUT2D eigenvalue weighted by Crippen LogP contribution is 2.41. The van der Waals surface area contributed by atoms with Gasteiger partial charge in [-0.1, -0.05) is 6.92 Å². The van der Waals surface area contributed by atoms with Gasteiger partial charge in [-0.3, -0.25) is 4.79 Å². The number of rotatable bonds is 1. The van der Waals surface area contributed by atoms with Crippen molar-refractivity contribution < 1.29 is 14.3 Å². The van der Waals surface area contributed by atoms with Crippen LogP contribution in [0.2, 0.25) is 0 Å². The van der Waals surface area contributed by atoms with E-state index in [2.05, 4.69) is 12.2 Å². The number of carbonyl (C=O) groups is 2. The lowest BCUT2D eigenvalue weighted by Gasteiger charge is -2.37. The second-order valence-electron chi connectivity index (χ2n) is 7.03. The Balaban J connectivity index is 1.93. The highest BCUT2D eigenvalue weighted by molar-refractivity contribution is 5.85. The minimum atomic E-state index is -0.468. The first-order valence-electron chi connectivity index (χ1n) is 7.55. The number of piperidine rings is 1. The number of ether oxygens (including phenoxy) is 1. The second kappa shape index (κ2) is 5.26. The number of carbonyl (C=O) groups excluding carboxylic acids is 2. The van der Waals surface area contributed by atoms with Crippen LogP contribution in [0.4, 0.5) is 4.79 Å². The van der Waals surface area contributed by atoms with Crippen molar-refractivity contribution in [1.29, 1.82) is 0 Å². The molecule has 1 atom stereocenters. The topological polar surface area (TPSA) is 58.6 Å². The molecule has 0 saturated carbocycles. The van der Waals surface area contributed by atoms with Gasteiger partial charge in [0.1, 0.15) is 5.60 Å². The number of hydrogen-bond donors (Lipinski definition) is 1. The Morgan fingerprint density at radius 3 is 2.45 bits per heavy atom. The van der Waals surface area contributed by atoms with E-state index < -0.39 is 5.60 Å². The van der Waals surface area contributed by atoms with Crippen LogP contribution in [0.5, 0.6) is 0 Å². The molecule has 0 bridgehead atoms. The fourth-order valence-electron chi connectivity index (χ4n) is 3.08. The first-order valence-corrected chi connectivity index (χ1v) is 7.55. The van der Waals surface area contributed by atoms with E-state index >= 15 is 0 Å². The molecule has 5 nitrogen and oxygen atoms in total. The van der Waals surface area contributed by atoms with Gasteiger partial charge in [0.05, 0.1) is 5.41 Å². The Labute approximate surface area is 121 Å². The summed E-state index contributed by atoms with van der Waals surface area (Å²) in [6.45, 7) is 8.92. The summed E-state index contributed by atoms with van der Waals surface area (Å²) < 4.78 is 5.38. The van der Waals surface area contributed by atoms with E-state index in [1.54, 1.807) is 4.90 Å². The zero-order valence-electron chi connectivity index (χ0n) is 13.0. The summed E-state index contributed by atoms with van der Waals surface area (Å²) in [6, 6.07) is 0.301. The van der Waals surface area contributed by atoms with E-state index in [0.717, 1.165) is 25.7 Å². The molecule has 2 saturated heterocycles. The van der Waals surface area contributed by atoms with E-state index in [0.29, 0.717) is 19.1 Å². The van der Waals surface area contributed by atoms with E-state index in [9.17, 15) is 9.59 Å². The molecule has 114 valence electrons. The molecule has 0 aromatic carbocycles. The Morgan fingerprint density at radius 2 is 2.00 bits per heavy atom. The minimum absolute atomic E-state index is 0.174. The molecule has 2 heterocycles. The van der Waals surface area contributed by atoms with Crippen LogP contribution in [-0.2, 0) is 9.53 Å². The maximum Gasteiger partial charge on any atom is 0.410 e. The molecule has 2 aliphatic heterocycles. The molecule has 2 rings (SSSR count). The third kappa shape index (κ3) is 3.07. The second-order valence-corrected chi connectivity index (χ2v) is 7.03. The van der Waals surface area contributed by atoms with Gasteiger partial charge in [0.2, 0.25) is 5.91 Å². The van der Waals surface area contributed by atoms with Crippen molar-refractivity contribution in [1.82, 2.24) is 10.2 Å². The predicted molar refractivity (Wildman–Crippen MR) is 76.3 cm³/mol. The minimum Gasteiger partial charge on any atom is -0.444 e. The molecule has 2 aliphatic rings. The van der Waals surface area contributed by atoms with Crippen molar-refractivity contribution in [2.45, 2.75) is 65.0 Å². The number of likely N-dealkylation sites (tertiary alicyclic amines) is 1. The number of nitrogens with zero attached hydrogens (tertiary/aromatic N) is 1. The van der Waals surface area contributed by atoms with E-state index in [-0.39, 0.29) is 17.4 Å². The van der Waals surface area contributed by atoms with Crippen LogP contribution in [0.15, 0.2) is 0 Å². The fraction of sp³-hybridized carbons (Fsp3) is 0.867. The molecule has 1 N–H and O–H groups in total. The molecule has 0 aliphatic carbocycles. The van der Waals surface area contributed by atoms with Crippen LogP contribution in [0.25, 0.3) is 0 Å². The van der Waals surface area contributed by atoms with Crippen molar-refractivity contribution in [3.63, 3.8) is 0 Å². The van der Waals surface area contributed by atoms with Crippen molar-refractivity contribution in [3.05, 3.63) is 0 Å². The summed E-state index contributed by atoms with van der Waals surface area (Å²) >= 11 is 0. The highest BCUT2D eigenvalue weighted by atomic mass is 16.6. The van der Waals surface area contributed by atoms with Crippen LogP contribution in [0.3, 0.4) is 0 Å². The summed E-state index contributed by atoms with van der Waals surface area (Å²) in [5.41, 5.74) is -0.719. The summed E-state index contributed by atoms with van der Waals surface area (Å²) in [6.07, 6.45) is 3.11. The van der Waals surface area contributed by atoms with Gasteiger partial charge in [0, 0.05) is 19.1 Å². The van der Waals surface area contributed by atoms with Crippen molar-refractivity contribution in [3.8, 4) is 0 Å². The highest BCUT2D eigenvalue weighted by Gasteiger charge is 2.48. The summed E-state index contributed by atoms with van der Waals surface area (Å²) in [5, 5.41) is 3.07. The largest absolute Gasteiger partial charge is 0.444 e. The van der Waals surface area contributed by atoms with E-state index in [1.165, 1.54) is 0 Å². The Morgan fingerprint density at radius 1 is 1.40 bits per heavy atom. The first kappa shape index (κ1) is 15.1. The van der Waals surface area contributed by atoms with Crippen LogP contribution in [0.1, 0.15) is 53.4 Å².